The lowest BCUT2D eigenvalue weighted by atomic mass is 9.81. The Labute approximate surface area is 360 Å². The van der Waals surface area contributed by atoms with E-state index in [-0.39, 0.29) is 10.8 Å². The van der Waals surface area contributed by atoms with Gasteiger partial charge in [-0.25, -0.2) is 0 Å². The van der Waals surface area contributed by atoms with E-state index >= 15 is 0 Å². The molecule has 2 aliphatic carbocycles. The van der Waals surface area contributed by atoms with Gasteiger partial charge in [-0.2, -0.15) is 0 Å². The summed E-state index contributed by atoms with van der Waals surface area (Å²) >= 11 is 0. The van der Waals surface area contributed by atoms with Gasteiger partial charge in [0.25, 0.3) is 0 Å². The van der Waals surface area contributed by atoms with E-state index in [0.717, 1.165) is 84.3 Å². The third-order valence-corrected chi connectivity index (χ3v) is 13.9. The monoisotopic (exact) mass is 799 g/mol. The Balaban J connectivity index is 0.993. The lowest BCUT2D eigenvalue weighted by Crippen LogP contribution is -2.20. The molecule has 8 aromatic carbocycles. The predicted molar refractivity (Wildman–Crippen MR) is 252 cm³/mol. The molecule has 0 saturated carbocycles. The highest BCUT2D eigenvalue weighted by atomic mass is 16.5. The number of hydrogen-bond donors (Lipinski definition) is 0. The predicted octanol–water partition coefficient (Wildman–Crippen LogP) is 16.4. The van der Waals surface area contributed by atoms with Crippen LogP contribution in [0.5, 0.6) is 11.5 Å². The topological polar surface area (TPSA) is 38.8 Å². The molecule has 13 rings (SSSR count). The fourth-order valence-corrected chi connectivity index (χ4v) is 10.6. The Kier molecular flexibility index (Phi) is 7.10. The quantitative estimate of drug-likeness (QED) is 0.178. The van der Waals surface area contributed by atoms with Crippen LogP contribution >= 0.6 is 0 Å². The van der Waals surface area contributed by atoms with E-state index in [9.17, 15) is 0 Å². The number of rotatable bonds is 4. The summed E-state index contributed by atoms with van der Waals surface area (Å²) in [5.74, 6) is 3.45. The van der Waals surface area contributed by atoms with Crippen molar-refractivity contribution in [2.45, 2.75) is 38.5 Å². The molecule has 0 spiro atoms. The van der Waals surface area contributed by atoms with E-state index in [0.29, 0.717) is 0 Å². The number of nitrogens with zero attached hydrogens (tertiary/aromatic N) is 1. The van der Waals surface area contributed by atoms with Crippen molar-refractivity contribution in [2.24, 2.45) is 0 Å². The molecular weight excluding hydrogens is 759 g/mol. The molecule has 0 saturated heterocycles. The van der Waals surface area contributed by atoms with E-state index in [1.54, 1.807) is 0 Å². The zero-order chi connectivity index (χ0) is 41.5. The summed E-state index contributed by atoms with van der Waals surface area (Å²) in [7, 11) is 0. The maximum atomic E-state index is 7.19. The molecule has 4 nitrogen and oxygen atoms in total. The van der Waals surface area contributed by atoms with E-state index in [2.05, 4.69) is 184 Å². The average molecular weight is 800 g/mol. The zero-order valence-electron chi connectivity index (χ0n) is 34.9. The maximum Gasteiger partial charge on any atom is 0.151 e. The van der Waals surface area contributed by atoms with Crippen molar-refractivity contribution in [3.8, 4) is 67.5 Å². The van der Waals surface area contributed by atoms with E-state index < -0.39 is 0 Å². The van der Waals surface area contributed by atoms with Gasteiger partial charge in [0.2, 0.25) is 0 Å². The fourth-order valence-electron chi connectivity index (χ4n) is 10.6. The third kappa shape index (κ3) is 4.95. The van der Waals surface area contributed by atoms with Gasteiger partial charge in [0.15, 0.2) is 11.5 Å². The largest absolute Gasteiger partial charge is 0.456 e. The second-order valence-electron chi connectivity index (χ2n) is 18.1. The van der Waals surface area contributed by atoms with Gasteiger partial charge in [-0.05, 0) is 117 Å². The van der Waals surface area contributed by atoms with Crippen molar-refractivity contribution in [3.05, 3.63) is 198 Å². The molecule has 0 N–H and O–H groups in total. The minimum atomic E-state index is -0.281. The molecule has 2 aromatic heterocycles. The van der Waals surface area contributed by atoms with Gasteiger partial charge < -0.3 is 18.5 Å². The number of para-hydroxylation sites is 3. The molecule has 0 atom stereocenters. The first-order valence-electron chi connectivity index (χ1n) is 21.5. The van der Waals surface area contributed by atoms with E-state index in [4.69, 9.17) is 13.6 Å². The Morgan fingerprint density at radius 1 is 0.355 bits per heavy atom. The van der Waals surface area contributed by atoms with E-state index in [1.807, 2.05) is 24.3 Å². The number of furan rings is 2. The van der Waals surface area contributed by atoms with Crippen molar-refractivity contribution in [1.29, 1.82) is 0 Å². The van der Waals surface area contributed by atoms with Crippen LogP contribution in [0.3, 0.4) is 0 Å². The van der Waals surface area contributed by atoms with Crippen LogP contribution in [0.25, 0.3) is 78.0 Å². The fraction of sp³-hybridized carbons (Fsp3) is 0.103. The van der Waals surface area contributed by atoms with Crippen LogP contribution in [0.15, 0.2) is 185 Å². The van der Waals surface area contributed by atoms with Gasteiger partial charge in [-0.15, -0.1) is 0 Å². The number of benzene rings is 8. The van der Waals surface area contributed by atoms with E-state index in [1.165, 1.54) is 44.5 Å². The van der Waals surface area contributed by atoms with Gasteiger partial charge >= 0.3 is 0 Å². The minimum Gasteiger partial charge on any atom is -0.456 e. The van der Waals surface area contributed by atoms with Crippen molar-refractivity contribution in [1.82, 2.24) is 0 Å². The molecule has 3 heterocycles. The molecule has 0 unspecified atom stereocenters. The molecule has 1 aliphatic heterocycles. The highest BCUT2D eigenvalue weighted by Crippen LogP contribution is 2.61. The highest BCUT2D eigenvalue weighted by Gasteiger charge is 2.42. The van der Waals surface area contributed by atoms with Crippen LogP contribution in [0.4, 0.5) is 17.1 Å². The molecule has 0 fully saturated rings. The molecule has 0 radical (unpaired) electrons. The zero-order valence-corrected chi connectivity index (χ0v) is 34.9. The SMILES string of the molecule is CC1(C)c2cc(-c3cc4ccccc4o3)ccc2-c2cc3c(cc21)Oc1cc2c(cc1N3c1ccccc1-c1ccccc1)-c1ccc(-c3cc4ccccc4o3)cc1C2(C)C. The summed E-state index contributed by atoms with van der Waals surface area (Å²) in [6, 6.07) is 63.2. The summed E-state index contributed by atoms with van der Waals surface area (Å²) in [5.41, 5.74) is 18.8. The van der Waals surface area contributed by atoms with Crippen LogP contribution in [0.2, 0.25) is 0 Å². The van der Waals surface area contributed by atoms with Crippen molar-refractivity contribution < 1.29 is 13.6 Å². The molecular formula is C58H41NO3. The average Bonchev–Trinajstić information content (AvgIpc) is 4.04. The Bertz CT molecular complexity index is 3250. The summed E-state index contributed by atoms with van der Waals surface area (Å²) in [6.07, 6.45) is 0. The minimum absolute atomic E-state index is 0.281. The second-order valence-corrected chi connectivity index (χ2v) is 18.1. The first-order chi connectivity index (χ1) is 30.2. The lowest BCUT2D eigenvalue weighted by molar-refractivity contribution is 0.473. The Morgan fingerprint density at radius 3 is 1.35 bits per heavy atom. The standard InChI is InChI=1S/C58H41NO3/c1-57(2)44-26-37(53-28-35-16-8-12-20-51(35)60-53)22-24-40(44)42-30-49-55(32-46(42)57)62-56-33-47-43(31-50(56)59(49)48-19-11-10-18-39(48)34-14-6-5-7-15-34)41-25-23-38(27-45(41)58(47,3)4)54-29-36-17-9-13-21-52(36)61-54/h5-33H,1-4H3. The number of anilines is 3. The van der Waals surface area contributed by atoms with Crippen LogP contribution in [0.1, 0.15) is 49.9 Å². The van der Waals surface area contributed by atoms with Crippen molar-refractivity contribution >= 4 is 39.0 Å². The van der Waals surface area contributed by atoms with Gasteiger partial charge in [0.05, 0.1) is 17.1 Å². The maximum absolute atomic E-state index is 7.19. The molecule has 3 aliphatic rings. The smallest absolute Gasteiger partial charge is 0.151 e. The van der Waals surface area contributed by atoms with Gasteiger partial charge in [-0.1, -0.05) is 137 Å². The summed E-state index contributed by atoms with van der Waals surface area (Å²) in [5, 5.41) is 2.21. The van der Waals surface area contributed by atoms with Gasteiger partial charge in [0.1, 0.15) is 22.7 Å². The van der Waals surface area contributed by atoms with Gasteiger partial charge in [0, 0.05) is 38.3 Å². The van der Waals surface area contributed by atoms with Crippen LogP contribution in [-0.4, -0.2) is 0 Å². The molecule has 296 valence electrons. The Morgan fingerprint density at radius 2 is 0.823 bits per heavy atom. The normalized spacial score (nSPS) is 14.8. The number of hydrogen-bond acceptors (Lipinski definition) is 4. The van der Waals surface area contributed by atoms with Crippen LogP contribution in [-0.2, 0) is 10.8 Å². The first-order valence-corrected chi connectivity index (χ1v) is 21.5. The molecule has 0 amide bonds. The molecule has 10 aromatic rings. The molecule has 4 heteroatoms. The number of ether oxygens (including phenoxy) is 1. The third-order valence-electron chi connectivity index (χ3n) is 13.9. The lowest BCUT2D eigenvalue weighted by Gasteiger charge is -2.36. The van der Waals surface area contributed by atoms with Gasteiger partial charge in [-0.3, -0.25) is 0 Å². The highest BCUT2D eigenvalue weighted by molar-refractivity contribution is 5.99. The Hall–Kier alpha value is -7.56. The first kappa shape index (κ1) is 35.2. The van der Waals surface area contributed by atoms with Crippen LogP contribution in [0, 0.1) is 0 Å². The van der Waals surface area contributed by atoms with Crippen molar-refractivity contribution in [2.75, 3.05) is 4.90 Å². The summed E-state index contributed by atoms with van der Waals surface area (Å²) in [6.45, 7) is 9.33. The molecule has 0 bridgehead atoms. The van der Waals surface area contributed by atoms with Crippen LogP contribution < -0.4 is 9.64 Å². The summed E-state index contributed by atoms with van der Waals surface area (Å²) in [4.78, 5) is 2.44. The number of fused-ring (bicyclic) bond motifs is 10. The summed E-state index contributed by atoms with van der Waals surface area (Å²) < 4.78 is 19.9. The molecule has 62 heavy (non-hydrogen) atoms. The van der Waals surface area contributed by atoms with Crippen molar-refractivity contribution in [3.63, 3.8) is 0 Å². The second kappa shape index (κ2) is 12.5.